The van der Waals surface area contributed by atoms with Gasteiger partial charge in [-0.2, -0.15) is 0 Å². The summed E-state index contributed by atoms with van der Waals surface area (Å²) >= 11 is 0. The van der Waals surface area contributed by atoms with Crippen LogP contribution in [0.3, 0.4) is 0 Å². The molecule has 1 rings (SSSR count). The number of benzene rings is 1. The zero-order valence-corrected chi connectivity index (χ0v) is 11.0. The van der Waals surface area contributed by atoms with Crippen LogP contribution in [-0.2, 0) is 6.42 Å². The van der Waals surface area contributed by atoms with Gasteiger partial charge in [-0.15, -0.1) is 0 Å². The van der Waals surface area contributed by atoms with Gasteiger partial charge in [0.2, 0.25) is 0 Å². The summed E-state index contributed by atoms with van der Waals surface area (Å²) in [6.07, 6.45) is 2.20. The maximum atomic E-state index is 4.11. The summed E-state index contributed by atoms with van der Waals surface area (Å²) < 4.78 is 0. The molecule has 0 aliphatic heterocycles. The van der Waals surface area contributed by atoms with Gasteiger partial charge in [0, 0.05) is 19.8 Å². The quantitative estimate of drug-likeness (QED) is 0.676. The normalized spacial score (nSPS) is 10.6. The van der Waals surface area contributed by atoms with Crippen LogP contribution < -0.4 is 4.90 Å². The topological polar surface area (TPSA) is 3.24 Å². The minimum Gasteiger partial charge on any atom is -0.378 e. The van der Waals surface area contributed by atoms with Crippen molar-refractivity contribution >= 4 is 5.69 Å². The zero-order chi connectivity index (χ0) is 12.1. The molecule has 0 aromatic heterocycles. The number of aryl methyl sites for hydroxylation is 1. The molecule has 1 aromatic rings. The molecule has 0 radical (unpaired) electrons. The molecular weight excluding hydrogens is 194 g/mol. The van der Waals surface area contributed by atoms with Gasteiger partial charge >= 0.3 is 0 Å². The summed E-state index contributed by atoms with van der Waals surface area (Å²) in [5, 5.41) is 0. The first kappa shape index (κ1) is 12.8. The smallest absolute Gasteiger partial charge is 0.0361 e. The Hall–Kier alpha value is -1.24. The highest BCUT2D eigenvalue weighted by Gasteiger charge is 2.01. The summed E-state index contributed by atoms with van der Waals surface area (Å²) in [5.41, 5.74) is 4.00. The third-order valence-corrected chi connectivity index (χ3v) is 3.00. The van der Waals surface area contributed by atoms with E-state index in [9.17, 15) is 0 Å². The lowest BCUT2D eigenvalue weighted by atomic mass is 9.97. The van der Waals surface area contributed by atoms with E-state index in [1.807, 2.05) is 0 Å². The van der Waals surface area contributed by atoms with Gasteiger partial charge in [-0.25, -0.2) is 0 Å². The van der Waals surface area contributed by atoms with Gasteiger partial charge in [0.15, 0.2) is 0 Å². The van der Waals surface area contributed by atoms with Crippen molar-refractivity contribution in [2.45, 2.75) is 26.7 Å². The van der Waals surface area contributed by atoms with Crippen LogP contribution in [0.15, 0.2) is 36.4 Å². The highest BCUT2D eigenvalue weighted by Crippen LogP contribution is 2.17. The molecule has 88 valence electrons. The second kappa shape index (κ2) is 5.74. The van der Waals surface area contributed by atoms with Crippen LogP contribution in [-0.4, -0.2) is 14.1 Å². The van der Waals surface area contributed by atoms with Crippen molar-refractivity contribution in [3.05, 3.63) is 42.0 Å². The molecule has 0 heterocycles. The molecule has 0 saturated carbocycles. The molecule has 0 bridgehead atoms. The lowest BCUT2D eigenvalue weighted by Gasteiger charge is -2.13. The van der Waals surface area contributed by atoms with E-state index in [4.69, 9.17) is 0 Å². The molecule has 16 heavy (non-hydrogen) atoms. The number of hydrogen-bond donors (Lipinski definition) is 0. The fraction of sp³-hybridized carbons (Fsp3) is 0.467. The molecule has 0 saturated heterocycles. The van der Waals surface area contributed by atoms with E-state index in [1.165, 1.54) is 16.8 Å². The number of anilines is 1. The Morgan fingerprint density at radius 3 is 2.19 bits per heavy atom. The second-order valence-electron chi connectivity index (χ2n) is 4.87. The van der Waals surface area contributed by atoms with E-state index in [1.54, 1.807) is 0 Å². The summed E-state index contributed by atoms with van der Waals surface area (Å²) in [6.45, 7) is 8.52. The van der Waals surface area contributed by atoms with E-state index in [-0.39, 0.29) is 0 Å². The monoisotopic (exact) mass is 217 g/mol. The Labute approximate surface area is 99.8 Å². The number of hydrogen-bond acceptors (Lipinski definition) is 1. The van der Waals surface area contributed by atoms with Crippen molar-refractivity contribution in [2.75, 3.05) is 19.0 Å². The molecule has 1 aromatic carbocycles. The van der Waals surface area contributed by atoms with Crippen LogP contribution in [0.25, 0.3) is 0 Å². The first-order valence-corrected chi connectivity index (χ1v) is 5.94. The zero-order valence-electron chi connectivity index (χ0n) is 11.0. The first-order chi connectivity index (χ1) is 7.50. The Balaban J connectivity index is 2.53. The number of rotatable bonds is 5. The van der Waals surface area contributed by atoms with Crippen LogP contribution in [0.1, 0.15) is 25.8 Å². The lowest BCUT2D eigenvalue weighted by Crippen LogP contribution is -2.08. The largest absolute Gasteiger partial charge is 0.378 e. The van der Waals surface area contributed by atoms with Gasteiger partial charge < -0.3 is 4.90 Å². The van der Waals surface area contributed by atoms with Gasteiger partial charge in [0.05, 0.1) is 0 Å². The standard InChI is InChI=1S/C15H23N/c1-12(2)13(3)6-7-14-8-10-15(11-9-14)16(4)5/h8-12H,3,6-7H2,1-2,4-5H3. The van der Waals surface area contributed by atoms with Gasteiger partial charge in [-0.3, -0.25) is 0 Å². The molecule has 0 aliphatic rings. The Morgan fingerprint density at radius 1 is 1.19 bits per heavy atom. The summed E-state index contributed by atoms with van der Waals surface area (Å²) in [7, 11) is 4.13. The van der Waals surface area contributed by atoms with Crippen LogP contribution in [0.4, 0.5) is 5.69 Å². The molecule has 0 fully saturated rings. The Kier molecular flexibility index (Phi) is 4.60. The average Bonchev–Trinajstić information content (AvgIpc) is 2.26. The molecule has 0 atom stereocenters. The van der Waals surface area contributed by atoms with Gasteiger partial charge in [0.1, 0.15) is 0 Å². The van der Waals surface area contributed by atoms with Crippen molar-refractivity contribution in [3.63, 3.8) is 0 Å². The number of nitrogens with zero attached hydrogens (tertiary/aromatic N) is 1. The third kappa shape index (κ3) is 3.73. The van der Waals surface area contributed by atoms with E-state index in [0.717, 1.165) is 12.8 Å². The molecule has 0 N–H and O–H groups in total. The molecule has 0 aliphatic carbocycles. The summed E-state index contributed by atoms with van der Waals surface area (Å²) in [4.78, 5) is 2.12. The minimum atomic E-state index is 0.598. The van der Waals surface area contributed by atoms with Crippen molar-refractivity contribution in [1.82, 2.24) is 0 Å². The Bertz CT molecular complexity index is 333. The lowest BCUT2D eigenvalue weighted by molar-refractivity contribution is 0.713. The van der Waals surface area contributed by atoms with Crippen LogP contribution >= 0.6 is 0 Å². The predicted octanol–water partition coefficient (Wildman–Crippen LogP) is 3.90. The van der Waals surface area contributed by atoms with Crippen molar-refractivity contribution < 1.29 is 0 Å². The molecule has 0 spiro atoms. The van der Waals surface area contributed by atoms with Gasteiger partial charge in [0.25, 0.3) is 0 Å². The van der Waals surface area contributed by atoms with Crippen molar-refractivity contribution in [1.29, 1.82) is 0 Å². The molecule has 0 amide bonds. The predicted molar refractivity (Wildman–Crippen MR) is 73.1 cm³/mol. The average molecular weight is 217 g/mol. The fourth-order valence-electron chi connectivity index (χ4n) is 1.55. The van der Waals surface area contributed by atoms with Crippen LogP contribution in [0.2, 0.25) is 0 Å². The van der Waals surface area contributed by atoms with E-state index < -0.39 is 0 Å². The molecular formula is C15H23N. The van der Waals surface area contributed by atoms with Crippen LogP contribution in [0, 0.1) is 5.92 Å². The molecule has 1 nitrogen and oxygen atoms in total. The van der Waals surface area contributed by atoms with E-state index in [2.05, 4.69) is 63.7 Å². The molecule has 0 unspecified atom stereocenters. The van der Waals surface area contributed by atoms with Crippen LogP contribution in [0.5, 0.6) is 0 Å². The maximum Gasteiger partial charge on any atom is 0.0361 e. The molecule has 1 heteroatoms. The third-order valence-electron chi connectivity index (χ3n) is 3.00. The van der Waals surface area contributed by atoms with Crippen molar-refractivity contribution in [3.8, 4) is 0 Å². The van der Waals surface area contributed by atoms with E-state index >= 15 is 0 Å². The SMILES string of the molecule is C=C(CCc1ccc(N(C)C)cc1)C(C)C. The van der Waals surface area contributed by atoms with Gasteiger partial charge in [-0.1, -0.05) is 38.1 Å². The minimum absolute atomic E-state index is 0.598. The fourth-order valence-corrected chi connectivity index (χ4v) is 1.55. The maximum absolute atomic E-state index is 4.11. The van der Waals surface area contributed by atoms with Crippen molar-refractivity contribution in [2.24, 2.45) is 5.92 Å². The first-order valence-electron chi connectivity index (χ1n) is 5.94. The Morgan fingerprint density at radius 2 is 1.75 bits per heavy atom. The second-order valence-corrected chi connectivity index (χ2v) is 4.87. The van der Waals surface area contributed by atoms with E-state index in [0.29, 0.717) is 5.92 Å². The van der Waals surface area contributed by atoms with Gasteiger partial charge in [-0.05, 0) is 36.5 Å². The highest BCUT2D eigenvalue weighted by atomic mass is 15.1. The highest BCUT2D eigenvalue weighted by molar-refractivity contribution is 5.46. The summed E-state index contributed by atoms with van der Waals surface area (Å²) in [5.74, 6) is 0.598. The number of allylic oxidation sites excluding steroid dienone is 1. The summed E-state index contributed by atoms with van der Waals surface area (Å²) in [6, 6.07) is 8.77.